The molecule has 0 aromatic heterocycles. The van der Waals surface area contributed by atoms with Crippen LogP contribution in [0.2, 0.25) is 0 Å². The normalized spacial score (nSPS) is 10.4. The van der Waals surface area contributed by atoms with Gasteiger partial charge in [-0.25, -0.2) is 0 Å². The van der Waals surface area contributed by atoms with Gasteiger partial charge in [0.1, 0.15) is 0 Å². The maximum Gasteiger partial charge on any atom is 0.303 e. The minimum absolute atomic E-state index is 0.0873. The van der Waals surface area contributed by atoms with Gasteiger partial charge < -0.3 is 14.6 Å². The molecule has 0 aliphatic carbocycles. The Bertz CT molecular complexity index is 399. The monoisotopic (exact) mass is 252 g/mol. The van der Waals surface area contributed by atoms with E-state index in [4.69, 9.17) is 14.6 Å². The predicted octanol–water partition coefficient (Wildman–Crippen LogP) is 2.75. The molecule has 100 valence electrons. The van der Waals surface area contributed by atoms with Crippen LogP contribution >= 0.6 is 0 Å². The van der Waals surface area contributed by atoms with Crippen LogP contribution < -0.4 is 9.47 Å². The summed E-state index contributed by atoms with van der Waals surface area (Å²) in [6, 6.07) is 5.56. The quantitative estimate of drug-likeness (QED) is 0.810. The summed E-state index contributed by atoms with van der Waals surface area (Å²) >= 11 is 0. The minimum Gasteiger partial charge on any atom is -0.493 e. The zero-order chi connectivity index (χ0) is 13.5. The molecule has 0 bridgehead atoms. The minimum atomic E-state index is -0.814. The summed E-state index contributed by atoms with van der Waals surface area (Å²) < 4.78 is 11.0. The standard InChI is InChI=1S/C14H20O4/c1-10(2)9-18-12-6-4-5-11(14(12)17-3)7-8-13(15)16/h4-6,10H,7-9H2,1-3H3,(H,15,16). The van der Waals surface area contributed by atoms with Crippen LogP contribution in [0.5, 0.6) is 11.5 Å². The third kappa shape index (κ3) is 4.28. The van der Waals surface area contributed by atoms with Crippen LogP contribution in [0.3, 0.4) is 0 Å². The zero-order valence-corrected chi connectivity index (χ0v) is 11.1. The van der Waals surface area contributed by atoms with Gasteiger partial charge >= 0.3 is 5.97 Å². The molecule has 0 amide bonds. The fourth-order valence-electron chi connectivity index (χ4n) is 1.60. The zero-order valence-electron chi connectivity index (χ0n) is 11.1. The SMILES string of the molecule is COc1c(CCC(=O)O)cccc1OCC(C)C. The highest BCUT2D eigenvalue weighted by Crippen LogP contribution is 2.32. The van der Waals surface area contributed by atoms with Gasteiger partial charge in [0, 0.05) is 6.42 Å². The smallest absolute Gasteiger partial charge is 0.303 e. The average Bonchev–Trinajstić information content (AvgIpc) is 2.33. The highest BCUT2D eigenvalue weighted by atomic mass is 16.5. The van der Waals surface area contributed by atoms with Crippen LogP contribution in [0, 0.1) is 5.92 Å². The third-order valence-corrected chi connectivity index (χ3v) is 2.44. The van der Waals surface area contributed by atoms with Crippen molar-refractivity contribution < 1.29 is 19.4 Å². The van der Waals surface area contributed by atoms with Gasteiger partial charge in [0.05, 0.1) is 13.7 Å². The number of carbonyl (C=O) groups is 1. The number of aryl methyl sites for hydroxylation is 1. The van der Waals surface area contributed by atoms with Crippen molar-refractivity contribution in [2.75, 3.05) is 13.7 Å². The maximum atomic E-state index is 10.6. The molecule has 0 saturated heterocycles. The van der Waals surface area contributed by atoms with Crippen LogP contribution in [0.25, 0.3) is 0 Å². The fraction of sp³-hybridized carbons (Fsp3) is 0.500. The van der Waals surface area contributed by atoms with Crippen molar-refractivity contribution in [1.29, 1.82) is 0 Å². The van der Waals surface area contributed by atoms with E-state index in [1.54, 1.807) is 7.11 Å². The number of hydrogen-bond acceptors (Lipinski definition) is 3. The van der Waals surface area contributed by atoms with Crippen molar-refractivity contribution in [1.82, 2.24) is 0 Å². The van der Waals surface area contributed by atoms with Gasteiger partial charge in [-0.2, -0.15) is 0 Å². The molecule has 0 aliphatic heterocycles. The van der Waals surface area contributed by atoms with E-state index in [1.807, 2.05) is 18.2 Å². The molecular formula is C14H20O4. The van der Waals surface area contributed by atoms with Gasteiger partial charge in [-0.3, -0.25) is 4.79 Å². The van der Waals surface area contributed by atoms with Crippen LogP contribution in [0.4, 0.5) is 0 Å². The second-order valence-electron chi connectivity index (χ2n) is 4.55. The Labute approximate surface area is 108 Å². The highest BCUT2D eigenvalue weighted by Gasteiger charge is 2.11. The second kappa shape index (κ2) is 6.89. The average molecular weight is 252 g/mol. The van der Waals surface area contributed by atoms with E-state index in [0.29, 0.717) is 30.4 Å². The lowest BCUT2D eigenvalue weighted by molar-refractivity contribution is -0.136. The molecule has 1 rings (SSSR count). The first-order chi connectivity index (χ1) is 8.54. The van der Waals surface area contributed by atoms with Crippen molar-refractivity contribution >= 4 is 5.97 Å². The number of benzene rings is 1. The molecule has 1 aromatic carbocycles. The third-order valence-electron chi connectivity index (χ3n) is 2.44. The van der Waals surface area contributed by atoms with E-state index < -0.39 is 5.97 Å². The molecule has 4 heteroatoms. The summed E-state index contributed by atoms with van der Waals surface area (Å²) in [6.45, 7) is 4.75. The summed E-state index contributed by atoms with van der Waals surface area (Å²) in [4.78, 5) is 10.6. The lowest BCUT2D eigenvalue weighted by Crippen LogP contribution is -2.07. The van der Waals surface area contributed by atoms with Crippen LogP contribution in [-0.4, -0.2) is 24.8 Å². The number of carboxylic acid groups (broad SMARTS) is 1. The second-order valence-corrected chi connectivity index (χ2v) is 4.55. The van der Waals surface area contributed by atoms with E-state index >= 15 is 0 Å². The van der Waals surface area contributed by atoms with Gasteiger partial charge in [0.15, 0.2) is 11.5 Å². The van der Waals surface area contributed by atoms with Crippen molar-refractivity contribution in [3.63, 3.8) is 0 Å². The van der Waals surface area contributed by atoms with E-state index in [-0.39, 0.29) is 6.42 Å². The van der Waals surface area contributed by atoms with Crippen molar-refractivity contribution in [3.05, 3.63) is 23.8 Å². The topological polar surface area (TPSA) is 55.8 Å². The summed E-state index contributed by atoms with van der Waals surface area (Å²) in [5.74, 6) is 0.927. The van der Waals surface area contributed by atoms with E-state index in [9.17, 15) is 4.79 Å². The predicted molar refractivity (Wildman–Crippen MR) is 69.3 cm³/mol. The van der Waals surface area contributed by atoms with Gasteiger partial charge in [-0.15, -0.1) is 0 Å². The lowest BCUT2D eigenvalue weighted by Gasteiger charge is -2.15. The molecule has 0 radical (unpaired) electrons. The molecule has 1 aromatic rings. The number of aliphatic carboxylic acids is 1. The summed E-state index contributed by atoms with van der Waals surface area (Å²) in [6.07, 6.45) is 0.529. The summed E-state index contributed by atoms with van der Waals surface area (Å²) in [7, 11) is 1.57. The molecule has 0 saturated carbocycles. The number of rotatable bonds is 7. The Morgan fingerprint density at radius 2 is 2.11 bits per heavy atom. The number of para-hydroxylation sites is 1. The van der Waals surface area contributed by atoms with Crippen molar-refractivity contribution in [3.8, 4) is 11.5 Å². The molecular weight excluding hydrogens is 232 g/mol. The first-order valence-electron chi connectivity index (χ1n) is 6.05. The molecule has 0 heterocycles. The number of carboxylic acids is 1. The molecule has 0 unspecified atom stereocenters. The van der Waals surface area contributed by atoms with Gasteiger partial charge in [-0.1, -0.05) is 26.0 Å². The Balaban J connectivity index is 2.84. The van der Waals surface area contributed by atoms with E-state index in [1.165, 1.54) is 0 Å². The van der Waals surface area contributed by atoms with Gasteiger partial charge in [-0.05, 0) is 24.0 Å². The number of ether oxygens (including phenoxy) is 2. The largest absolute Gasteiger partial charge is 0.493 e. The summed E-state index contributed by atoms with van der Waals surface area (Å²) in [5.41, 5.74) is 0.862. The van der Waals surface area contributed by atoms with Crippen molar-refractivity contribution in [2.45, 2.75) is 26.7 Å². The first kappa shape index (κ1) is 14.4. The molecule has 1 N–H and O–H groups in total. The maximum absolute atomic E-state index is 10.6. The summed E-state index contributed by atoms with van der Waals surface area (Å²) in [5, 5.41) is 8.71. The number of hydrogen-bond donors (Lipinski definition) is 1. The fourth-order valence-corrected chi connectivity index (χ4v) is 1.60. The number of methoxy groups -OCH3 is 1. The Hall–Kier alpha value is -1.71. The molecule has 4 nitrogen and oxygen atoms in total. The van der Waals surface area contributed by atoms with Crippen LogP contribution in [-0.2, 0) is 11.2 Å². The molecule has 0 spiro atoms. The Morgan fingerprint density at radius 3 is 2.67 bits per heavy atom. The Morgan fingerprint density at radius 1 is 1.39 bits per heavy atom. The first-order valence-corrected chi connectivity index (χ1v) is 6.05. The molecule has 18 heavy (non-hydrogen) atoms. The molecule has 0 aliphatic rings. The van der Waals surface area contributed by atoms with Crippen LogP contribution in [0.1, 0.15) is 25.8 Å². The van der Waals surface area contributed by atoms with Crippen LogP contribution in [0.15, 0.2) is 18.2 Å². The highest BCUT2D eigenvalue weighted by molar-refractivity contribution is 5.67. The lowest BCUT2D eigenvalue weighted by atomic mass is 10.1. The van der Waals surface area contributed by atoms with Gasteiger partial charge in [0.2, 0.25) is 0 Å². The van der Waals surface area contributed by atoms with E-state index in [2.05, 4.69) is 13.8 Å². The molecule has 0 fully saturated rings. The van der Waals surface area contributed by atoms with Crippen molar-refractivity contribution in [2.24, 2.45) is 5.92 Å². The van der Waals surface area contributed by atoms with E-state index in [0.717, 1.165) is 5.56 Å². The molecule has 0 atom stereocenters. The van der Waals surface area contributed by atoms with Gasteiger partial charge in [0.25, 0.3) is 0 Å². The Kier molecular flexibility index (Phi) is 5.49.